The number of aryl methyl sites for hydroxylation is 1. The number of carbonyl (C=O) groups is 3. The number of aromatic carboxylic acids is 1. The number of amides is 2. The second-order valence-corrected chi connectivity index (χ2v) is 9.57. The van der Waals surface area contributed by atoms with E-state index in [0.717, 1.165) is 24.9 Å². The first-order valence-corrected chi connectivity index (χ1v) is 12.6. The number of benzene rings is 3. The molecule has 5 rings (SSSR count). The highest BCUT2D eigenvalue weighted by atomic mass is 32.1. The van der Waals surface area contributed by atoms with E-state index in [1.54, 1.807) is 78.1 Å². The minimum atomic E-state index is -1.06. The number of carboxylic acid groups (broad SMARTS) is 1. The van der Waals surface area contributed by atoms with Crippen molar-refractivity contribution < 1.29 is 19.5 Å². The Bertz CT molecular complexity index is 1440. The van der Waals surface area contributed by atoms with E-state index in [-0.39, 0.29) is 17.4 Å². The zero-order valence-electron chi connectivity index (χ0n) is 19.4. The quantitative estimate of drug-likeness (QED) is 0.337. The van der Waals surface area contributed by atoms with E-state index in [1.807, 2.05) is 16.3 Å². The number of hydrogen-bond acceptors (Lipinski definition) is 4. The van der Waals surface area contributed by atoms with E-state index in [4.69, 9.17) is 0 Å². The molecule has 0 radical (unpaired) electrons. The van der Waals surface area contributed by atoms with Gasteiger partial charge in [0.05, 0.1) is 11.3 Å². The molecule has 0 spiro atoms. The van der Waals surface area contributed by atoms with Crippen LogP contribution in [-0.2, 0) is 6.42 Å². The van der Waals surface area contributed by atoms with Crippen molar-refractivity contribution in [1.82, 2.24) is 0 Å². The molecule has 0 bridgehead atoms. The Morgan fingerprint density at radius 1 is 0.806 bits per heavy atom. The Morgan fingerprint density at radius 2 is 1.47 bits per heavy atom. The van der Waals surface area contributed by atoms with Crippen LogP contribution in [0.1, 0.15) is 48.8 Å². The van der Waals surface area contributed by atoms with Crippen LogP contribution in [0.25, 0.3) is 11.1 Å². The summed E-state index contributed by atoms with van der Waals surface area (Å²) in [6.45, 7) is 0.690. The van der Waals surface area contributed by atoms with E-state index in [9.17, 15) is 19.5 Å². The van der Waals surface area contributed by atoms with Crippen molar-refractivity contribution in [2.24, 2.45) is 0 Å². The maximum absolute atomic E-state index is 13.3. The highest BCUT2D eigenvalue weighted by molar-refractivity contribution is 7.10. The fourth-order valence-electron chi connectivity index (χ4n) is 4.52. The molecule has 1 aromatic heterocycles. The van der Waals surface area contributed by atoms with Crippen LogP contribution in [0.2, 0.25) is 0 Å². The van der Waals surface area contributed by atoms with Crippen LogP contribution in [0, 0.1) is 0 Å². The summed E-state index contributed by atoms with van der Waals surface area (Å²) in [7, 11) is 0. The molecule has 36 heavy (non-hydrogen) atoms. The standard InChI is InChI=1S/C29H24N2O4S/c32-27(23-9-3-1-7-21(23)22-8-2-4-10-24(22)29(34)35)30-20-14-12-19(13-15-20)28(33)31-17-6-5-11-26-25(31)16-18-36-26/h1-4,7-10,12-16,18H,5-6,11,17H2,(H,30,32)(H,34,35). The molecule has 0 fully saturated rings. The average Bonchev–Trinajstić information content (AvgIpc) is 3.27. The first kappa shape index (κ1) is 23.5. The summed E-state index contributed by atoms with van der Waals surface area (Å²) in [4.78, 5) is 41.2. The van der Waals surface area contributed by atoms with Gasteiger partial charge >= 0.3 is 5.97 Å². The molecule has 7 heteroatoms. The number of hydrogen-bond donors (Lipinski definition) is 2. The Balaban J connectivity index is 1.36. The van der Waals surface area contributed by atoms with Crippen molar-refractivity contribution in [3.8, 4) is 11.1 Å². The summed E-state index contributed by atoms with van der Waals surface area (Å²) in [5, 5.41) is 14.5. The Kier molecular flexibility index (Phi) is 6.64. The van der Waals surface area contributed by atoms with Gasteiger partial charge in [-0.25, -0.2) is 4.79 Å². The highest BCUT2D eigenvalue weighted by Gasteiger charge is 2.23. The van der Waals surface area contributed by atoms with E-state index in [1.165, 1.54) is 10.9 Å². The molecule has 0 saturated carbocycles. The van der Waals surface area contributed by atoms with Gasteiger partial charge in [-0.15, -0.1) is 11.3 Å². The maximum atomic E-state index is 13.3. The van der Waals surface area contributed by atoms with Crippen molar-refractivity contribution in [2.75, 3.05) is 16.8 Å². The molecule has 0 unspecified atom stereocenters. The van der Waals surface area contributed by atoms with Gasteiger partial charge in [0.15, 0.2) is 0 Å². The average molecular weight is 497 g/mol. The monoisotopic (exact) mass is 496 g/mol. The van der Waals surface area contributed by atoms with Crippen LogP contribution in [0.5, 0.6) is 0 Å². The molecular weight excluding hydrogens is 472 g/mol. The molecule has 180 valence electrons. The second-order valence-electron chi connectivity index (χ2n) is 8.57. The highest BCUT2D eigenvalue weighted by Crippen LogP contribution is 2.32. The van der Waals surface area contributed by atoms with Gasteiger partial charge in [0.1, 0.15) is 0 Å². The summed E-state index contributed by atoms with van der Waals surface area (Å²) in [5.41, 5.74) is 3.60. The van der Waals surface area contributed by atoms with Crippen LogP contribution in [0.15, 0.2) is 84.2 Å². The van der Waals surface area contributed by atoms with Crippen LogP contribution < -0.4 is 10.2 Å². The predicted octanol–water partition coefficient (Wildman–Crippen LogP) is 6.35. The van der Waals surface area contributed by atoms with E-state index < -0.39 is 5.97 Å². The smallest absolute Gasteiger partial charge is 0.336 e. The number of thiophene rings is 1. The first-order chi connectivity index (χ1) is 17.5. The number of rotatable bonds is 5. The summed E-state index contributed by atoms with van der Waals surface area (Å²) < 4.78 is 0. The number of fused-ring (bicyclic) bond motifs is 1. The molecule has 4 aromatic rings. The molecule has 0 aliphatic carbocycles. The second kappa shape index (κ2) is 10.2. The van der Waals surface area contributed by atoms with Crippen molar-refractivity contribution >= 4 is 40.5 Å². The lowest BCUT2D eigenvalue weighted by Crippen LogP contribution is -2.31. The van der Waals surface area contributed by atoms with Gasteiger partial charge in [-0.2, -0.15) is 0 Å². The lowest BCUT2D eigenvalue weighted by molar-refractivity contribution is 0.0697. The lowest BCUT2D eigenvalue weighted by atomic mass is 9.95. The third kappa shape index (κ3) is 4.65. The molecule has 3 aromatic carbocycles. The van der Waals surface area contributed by atoms with Gasteiger partial charge in [-0.3, -0.25) is 9.59 Å². The molecule has 0 saturated heterocycles. The summed E-state index contributed by atoms with van der Waals surface area (Å²) >= 11 is 1.69. The van der Waals surface area contributed by atoms with Gasteiger partial charge in [-0.05, 0) is 78.2 Å². The lowest BCUT2D eigenvalue weighted by Gasteiger charge is -2.21. The molecular formula is C29H24N2O4S. The van der Waals surface area contributed by atoms with Crippen LogP contribution in [0.3, 0.4) is 0 Å². The van der Waals surface area contributed by atoms with E-state index >= 15 is 0 Å². The van der Waals surface area contributed by atoms with Gasteiger partial charge in [0.25, 0.3) is 11.8 Å². The SMILES string of the molecule is O=C(O)c1ccccc1-c1ccccc1C(=O)Nc1ccc(C(=O)N2CCCCc3sccc32)cc1. The molecule has 1 aliphatic rings. The third-order valence-electron chi connectivity index (χ3n) is 6.30. The van der Waals surface area contributed by atoms with Crippen LogP contribution in [0.4, 0.5) is 11.4 Å². The van der Waals surface area contributed by atoms with Crippen molar-refractivity contribution in [2.45, 2.75) is 19.3 Å². The van der Waals surface area contributed by atoms with Crippen molar-refractivity contribution in [3.05, 3.63) is 106 Å². The van der Waals surface area contributed by atoms with E-state index in [2.05, 4.69) is 5.32 Å². The zero-order valence-corrected chi connectivity index (χ0v) is 20.3. The van der Waals surface area contributed by atoms with Gasteiger partial charge in [0, 0.05) is 28.2 Å². The fraction of sp³-hybridized carbons (Fsp3) is 0.138. The van der Waals surface area contributed by atoms with E-state index in [0.29, 0.717) is 34.5 Å². The predicted molar refractivity (Wildman–Crippen MR) is 142 cm³/mol. The zero-order chi connectivity index (χ0) is 25.1. The Morgan fingerprint density at radius 3 is 2.19 bits per heavy atom. The molecule has 2 N–H and O–H groups in total. The summed E-state index contributed by atoms with van der Waals surface area (Å²) in [5.74, 6) is -1.47. The number of carboxylic acids is 1. The Hall–Kier alpha value is -4.23. The molecule has 6 nitrogen and oxygen atoms in total. The van der Waals surface area contributed by atoms with Gasteiger partial charge in [-0.1, -0.05) is 36.4 Å². The van der Waals surface area contributed by atoms with Crippen LogP contribution in [-0.4, -0.2) is 29.4 Å². The van der Waals surface area contributed by atoms with Gasteiger partial charge in [0.2, 0.25) is 0 Å². The fourth-order valence-corrected chi connectivity index (χ4v) is 5.44. The molecule has 0 atom stereocenters. The number of anilines is 2. The maximum Gasteiger partial charge on any atom is 0.336 e. The first-order valence-electron chi connectivity index (χ1n) is 11.7. The minimum Gasteiger partial charge on any atom is -0.478 e. The van der Waals surface area contributed by atoms with Gasteiger partial charge < -0.3 is 15.3 Å². The Labute approximate surface area is 212 Å². The molecule has 2 amide bonds. The van der Waals surface area contributed by atoms with Crippen molar-refractivity contribution in [3.63, 3.8) is 0 Å². The van der Waals surface area contributed by atoms with Crippen LogP contribution >= 0.6 is 11.3 Å². The molecule has 2 heterocycles. The summed E-state index contributed by atoms with van der Waals surface area (Å²) in [6.07, 6.45) is 3.03. The molecule has 1 aliphatic heterocycles. The minimum absolute atomic E-state index is 0.0509. The number of nitrogens with one attached hydrogen (secondary N) is 1. The number of nitrogens with zero attached hydrogens (tertiary/aromatic N) is 1. The number of carbonyl (C=O) groups excluding carboxylic acids is 2. The summed E-state index contributed by atoms with van der Waals surface area (Å²) in [6, 6.07) is 22.4. The largest absolute Gasteiger partial charge is 0.478 e. The van der Waals surface area contributed by atoms with Crippen molar-refractivity contribution in [1.29, 1.82) is 0 Å². The topological polar surface area (TPSA) is 86.7 Å². The third-order valence-corrected chi connectivity index (χ3v) is 7.27. The normalized spacial score (nSPS) is 12.9.